The smallest absolute Gasteiger partial charge is 0.211 e. The van der Waals surface area contributed by atoms with E-state index >= 15 is 0 Å². The summed E-state index contributed by atoms with van der Waals surface area (Å²) in [6, 6.07) is 0. The molecule has 0 aromatic carbocycles. The van der Waals surface area contributed by atoms with Crippen LogP contribution in [0, 0.1) is 0 Å². The summed E-state index contributed by atoms with van der Waals surface area (Å²) < 4.78 is 25.4. The molecule has 0 unspecified atom stereocenters. The lowest BCUT2D eigenvalue weighted by Gasteiger charge is -2.04. The molecule has 5 nitrogen and oxygen atoms in total. The summed E-state index contributed by atoms with van der Waals surface area (Å²) in [6.07, 6.45) is 2.15. The van der Waals surface area contributed by atoms with Gasteiger partial charge in [0.25, 0.3) is 0 Å². The van der Waals surface area contributed by atoms with Gasteiger partial charge in [0.2, 0.25) is 10.0 Å². The third-order valence-electron chi connectivity index (χ3n) is 2.04. The number of nitrogens with two attached hydrogens (primary N) is 1. The Morgan fingerprint density at radius 2 is 2.31 bits per heavy atom. The number of hydrogen-bond acceptors (Lipinski definition) is 5. The van der Waals surface area contributed by atoms with Crippen LogP contribution in [-0.4, -0.2) is 25.7 Å². The van der Waals surface area contributed by atoms with Gasteiger partial charge in [-0.05, 0) is 6.42 Å². The maximum Gasteiger partial charge on any atom is 0.211 e. The molecule has 0 aliphatic rings. The molecule has 0 saturated heterocycles. The van der Waals surface area contributed by atoms with Gasteiger partial charge >= 0.3 is 0 Å². The highest BCUT2D eigenvalue weighted by atomic mass is 32.2. The Balaban J connectivity index is 2.29. The van der Waals surface area contributed by atoms with Crippen molar-refractivity contribution < 1.29 is 8.42 Å². The van der Waals surface area contributed by atoms with Crippen LogP contribution in [-0.2, 0) is 16.4 Å². The predicted octanol–water partition coefficient (Wildman–Crippen LogP) is 0.987. The molecule has 1 heterocycles. The van der Waals surface area contributed by atoms with E-state index in [1.807, 2.05) is 12.3 Å². The van der Waals surface area contributed by atoms with Crippen LogP contribution < -0.4 is 10.5 Å². The highest BCUT2D eigenvalue weighted by molar-refractivity contribution is 7.89. The quantitative estimate of drug-likeness (QED) is 0.768. The molecule has 0 aliphatic carbocycles. The molecule has 1 aromatic rings. The summed E-state index contributed by atoms with van der Waals surface area (Å²) >= 11 is 1.37. The molecule has 3 N–H and O–H groups in total. The van der Waals surface area contributed by atoms with Crippen LogP contribution in [0.3, 0.4) is 0 Å². The van der Waals surface area contributed by atoms with Crippen molar-refractivity contribution in [1.82, 2.24) is 9.71 Å². The van der Waals surface area contributed by atoms with Crippen molar-refractivity contribution in [3.63, 3.8) is 0 Å². The number of nitrogen functional groups attached to an aromatic ring is 1. The first kappa shape index (κ1) is 13.4. The molecule has 0 spiro atoms. The zero-order chi connectivity index (χ0) is 12.0. The second-order valence-corrected chi connectivity index (χ2v) is 6.31. The van der Waals surface area contributed by atoms with Gasteiger partial charge in [-0.2, -0.15) is 0 Å². The van der Waals surface area contributed by atoms with Crippen LogP contribution in [0.2, 0.25) is 0 Å². The van der Waals surface area contributed by atoms with E-state index in [0.717, 1.165) is 12.1 Å². The highest BCUT2D eigenvalue weighted by Crippen LogP contribution is 2.10. The maximum absolute atomic E-state index is 11.4. The van der Waals surface area contributed by atoms with Gasteiger partial charge in [0.1, 0.15) is 0 Å². The molecule has 1 rings (SSSR count). The fourth-order valence-corrected chi connectivity index (χ4v) is 3.00. The SMILES string of the molecule is CCCCS(=O)(=O)NCCc1csc(N)n1. The van der Waals surface area contributed by atoms with E-state index in [0.29, 0.717) is 24.5 Å². The summed E-state index contributed by atoms with van der Waals surface area (Å²) in [5, 5.41) is 2.36. The fourth-order valence-electron chi connectivity index (χ4n) is 1.18. The number of unbranched alkanes of at least 4 members (excludes halogenated alkanes) is 1. The minimum absolute atomic E-state index is 0.197. The Morgan fingerprint density at radius 3 is 2.88 bits per heavy atom. The average Bonchev–Trinajstić information content (AvgIpc) is 2.61. The van der Waals surface area contributed by atoms with E-state index in [9.17, 15) is 8.42 Å². The van der Waals surface area contributed by atoms with Crippen LogP contribution >= 0.6 is 11.3 Å². The number of anilines is 1. The summed E-state index contributed by atoms with van der Waals surface area (Å²) in [6.45, 7) is 2.35. The summed E-state index contributed by atoms with van der Waals surface area (Å²) in [7, 11) is -3.11. The molecule has 0 fully saturated rings. The fraction of sp³-hybridized carbons (Fsp3) is 0.667. The monoisotopic (exact) mass is 263 g/mol. The second kappa shape index (κ2) is 6.17. The van der Waals surface area contributed by atoms with E-state index in [1.165, 1.54) is 11.3 Å². The van der Waals surface area contributed by atoms with Crippen LogP contribution in [0.4, 0.5) is 5.13 Å². The Kier molecular flexibility index (Phi) is 5.17. The molecule has 0 atom stereocenters. The van der Waals surface area contributed by atoms with Crippen molar-refractivity contribution in [1.29, 1.82) is 0 Å². The molecule has 0 aliphatic heterocycles. The van der Waals surface area contributed by atoms with Gasteiger partial charge in [0.05, 0.1) is 11.4 Å². The van der Waals surface area contributed by atoms with E-state index in [2.05, 4.69) is 9.71 Å². The number of nitrogens with zero attached hydrogens (tertiary/aromatic N) is 1. The Labute approximate surface area is 100 Å². The maximum atomic E-state index is 11.4. The number of hydrogen-bond donors (Lipinski definition) is 2. The largest absolute Gasteiger partial charge is 0.375 e. The highest BCUT2D eigenvalue weighted by Gasteiger charge is 2.08. The Hall–Kier alpha value is -0.660. The van der Waals surface area contributed by atoms with Crippen LogP contribution in [0.1, 0.15) is 25.5 Å². The second-order valence-electron chi connectivity index (χ2n) is 3.49. The number of rotatable bonds is 7. The number of aromatic nitrogens is 1. The topological polar surface area (TPSA) is 85.1 Å². The Morgan fingerprint density at radius 1 is 1.56 bits per heavy atom. The number of thiazole rings is 1. The van der Waals surface area contributed by atoms with E-state index < -0.39 is 10.0 Å². The summed E-state index contributed by atoms with van der Waals surface area (Å²) in [5.41, 5.74) is 6.30. The van der Waals surface area contributed by atoms with Crippen molar-refractivity contribution in [3.8, 4) is 0 Å². The molecule has 0 amide bonds. The van der Waals surface area contributed by atoms with Crippen LogP contribution in [0.15, 0.2) is 5.38 Å². The third kappa shape index (κ3) is 4.91. The molecule has 92 valence electrons. The first-order valence-corrected chi connectivity index (χ1v) is 7.74. The molecule has 0 saturated carbocycles. The average molecular weight is 263 g/mol. The lowest BCUT2D eigenvalue weighted by molar-refractivity contribution is 0.578. The van der Waals surface area contributed by atoms with Gasteiger partial charge in [0, 0.05) is 18.3 Å². The van der Waals surface area contributed by atoms with E-state index in [-0.39, 0.29) is 5.75 Å². The minimum atomic E-state index is -3.11. The van der Waals surface area contributed by atoms with Crippen molar-refractivity contribution >= 4 is 26.5 Å². The summed E-state index contributed by atoms with van der Waals surface area (Å²) in [4.78, 5) is 4.05. The van der Waals surface area contributed by atoms with Crippen LogP contribution in [0.25, 0.3) is 0 Å². The van der Waals surface area contributed by atoms with Gasteiger partial charge < -0.3 is 5.73 Å². The molecule has 0 bridgehead atoms. The molecule has 16 heavy (non-hydrogen) atoms. The zero-order valence-corrected chi connectivity index (χ0v) is 10.9. The van der Waals surface area contributed by atoms with E-state index in [4.69, 9.17) is 5.73 Å². The van der Waals surface area contributed by atoms with E-state index in [1.54, 1.807) is 0 Å². The van der Waals surface area contributed by atoms with Crippen LogP contribution in [0.5, 0.6) is 0 Å². The lowest BCUT2D eigenvalue weighted by Crippen LogP contribution is -2.28. The molecule has 7 heteroatoms. The van der Waals surface area contributed by atoms with Crippen molar-refractivity contribution in [2.75, 3.05) is 18.0 Å². The third-order valence-corrected chi connectivity index (χ3v) is 4.23. The first-order valence-electron chi connectivity index (χ1n) is 5.20. The normalized spacial score (nSPS) is 11.8. The predicted molar refractivity (Wildman–Crippen MR) is 66.9 cm³/mol. The lowest BCUT2D eigenvalue weighted by atomic mass is 10.3. The molecular weight excluding hydrogens is 246 g/mol. The molecular formula is C9H17N3O2S2. The molecule has 1 aromatic heterocycles. The number of nitrogens with one attached hydrogen (secondary N) is 1. The van der Waals surface area contributed by atoms with Gasteiger partial charge in [-0.15, -0.1) is 11.3 Å². The zero-order valence-electron chi connectivity index (χ0n) is 9.27. The van der Waals surface area contributed by atoms with Gasteiger partial charge in [-0.3, -0.25) is 0 Å². The van der Waals surface area contributed by atoms with Crippen molar-refractivity contribution in [3.05, 3.63) is 11.1 Å². The molecule has 0 radical (unpaired) electrons. The first-order chi connectivity index (χ1) is 7.53. The van der Waals surface area contributed by atoms with Crippen molar-refractivity contribution in [2.45, 2.75) is 26.2 Å². The van der Waals surface area contributed by atoms with Crippen molar-refractivity contribution in [2.24, 2.45) is 0 Å². The van der Waals surface area contributed by atoms with Gasteiger partial charge in [-0.1, -0.05) is 13.3 Å². The minimum Gasteiger partial charge on any atom is -0.375 e. The number of sulfonamides is 1. The van der Waals surface area contributed by atoms with Gasteiger partial charge in [-0.25, -0.2) is 18.1 Å². The van der Waals surface area contributed by atoms with Gasteiger partial charge in [0.15, 0.2) is 5.13 Å². The summed E-state index contributed by atoms with van der Waals surface area (Å²) in [5.74, 6) is 0.197. The Bertz CT molecular complexity index is 414. The standard InChI is InChI=1S/C9H17N3O2S2/c1-2-3-6-16(13,14)11-5-4-8-7-15-9(10)12-8/h7,11H,2-6H2,1H3,(H2,10,12).